The van der Waals surface area contributed by atoms with Crippen molar-refractivity contribution >= 4 is 22.4 Å². The summed E-state index contributed by atoms with van der Waals surface area (Å²) in [4.78, 5) is 10.1. The highest BCUT2D eigenvalue weighted by Gasteiger charge is 2.50. The second kappa shape index (κ2) is 5.17. The van der Waals surface area contributed by atoms with Gasteiger partial charge >= 0.3 is 0 Å². The summed E-state index contributed by atoms with van der Waals surface area (Å²) in [5.41, 5.74) is 0.547. The third-order valence-corrected chi connectivity index (χ3v) is 4.64. The van der Waals surface area contributed by atoms with Gasteiger partial charge in [-0.3, -0.25) is 9.00 Å². The van der Waals surface area contributed by atoms with Crippen LogP contribution in [-0.4, -0.2) is 38.6 Å². The molecular formula is C12H15NO4S. The molecule has 3 atom stereocenters. The van der Waals surface area contributed by atoms with E-state index in [2.05, 4.69) is 5.32 Å². The van der Waals surface area contributed by atoms with Gasteiger partial charge in [0.05, 0.1) is 23.2 Å². The maximum absolute atomic E-state index is 12.1. The Kier molecular flexibility index (Phi) is 3.79. The maximum Gasteiger partial charge on any atom is 0.272 e. The summed E-state index contributed by atoms with van der Waals surface area (Å²) >= 11 is 0. The first-order valence-electron chi connectivity index (χ1n) is 5.64. The molecule has 1 aromatic rings. The van der Waals surface area contributed by atoms with Gasteiger partial charge in [0.1, 0.15) is 6.10 Å². The molecule has 0 saturated carbocycles. The van der Waals surface area contributed by atoms with Gasteiger partial charge in [-0.25, -0.2) is 0 Å². The number of nitrogens with one attached hydrogen (secondary N) is 1. The Balaban J connectivity index is 2.19. The number of hydrogen-bond donors (Lipinski definition) is 2. The predicted molar refractivity (Wildman–Crippen MR) is 68.4 cm³/mol. The molecule has 0 aromatic heterocycles. The Labute approximate surface area is 108 Å². The van der Waals surface area contributed by atoms with Crippen LogP contribution >= 0.6 is 0 Å². The summed E-state index contributed by atoms with van der Waals surface area (Å²) in [5.74, 6) is -0.539. The lowest BCUT2D eigenvalue weighted by Gasteiger charge is -2.35. The number of anilines is 1. The summed E-state index contributed by atoms with van der Waals surface area (Å²) < 4.78 is 17.1. The first-order valence-corrected chi connectivity index (χ1v) is 6.96. The third-order valence-electron chi connectivity index (χ3n) is 2.89. The number of carbonyl (C=O) groups is 1. The van der Waals surface area contributed by atoms with Crippen LogP contribution in [0.3, 0.4) is 0 Å². The number of para-hydroxylation sites is 1. The molecule has 6 heteroatoms. The smallest absolute Gasteiger partial charge is 0.272 e. The molecule has 5 nitrogen and oxygen atoms in total. The Morgan fingerprint density at radius 1 is 1.50 bits per heavy atom. The first-order chi connectivity index (χ1) is 8.55. The van der Waals surface area contributed by atoms with Crippen LogP contribution in [0.4, 0.5) is 5.69 Å². The van der Waals surface area contributed by atoms with Crippen LogP contribution in [-0.2, 0) is 20.3 Å². The van der Waals surface area contributed by atoms with Crippen LogP contribution in [0.2, 0.25) is 0 Å². The highest BCUT2D eigenvalue weighted by Crippen LogP contribution is 2.25. The molecule has 1 fully saturated rings. The average Bonchev–Trinajstić information content (AvgIpc) is 2.37. The van der Waals surface area contributed by atoms with Crippen LogP contribution in [0.5, 0.6) is 0 Å². The van der Waals surface area contributed by atoms with E-state index in [0.29, 0.717) is 5.69 Å². The average molecular weight is 269 g/mol. The fourth-order valence-electron chi connectivity index (χ4n) is 1.78. The lowest BCUT2D eigenvalue weighted by Crippen LogP contribution is -2.59. The van der Waals surface area contributed by atoms with E-state index in [1.807, 2.05) is 6.07 Å². The quantitative estimate of drug-likeness (QED) is 0.819. The van der Waals surface area contributed by atoms with Crippen LogP contribution in [0, 0.1) is 0 Å². The molecule has 1 aliphatic rings. The van der Waals surface area contributed by atoms with Gasteiger partial charge < -0.3 is 15.2 Å². The van der Waals surface area contributed by atoms with Crippen molar-refractivity contribution in [2.75, 3.05) is 17.7 Å². The Bertz CT molecular complexity index is 464. The summed E-state index contributed by atoms with van der Waals surface area (Å²) in [5, 5.41) is 12.9. The van der Waals surface area contributed by atoms with Gasteiger partial charge in [0.15, 0.2) is 0 Å². The Morgan fingerprint density at radius 2 is 2.17 bits per heavy atom. The number of hydrogen-bond acceptors (Lipinski definition) is 4. The second-order valence-electron chi connectivity index (χ2n) is 4.08. The minimum absolute atomic E-state index is 0.156. The first kappa shape index (κ1) is 13.2. The van der Waals surface area contributed by atoms with E-state index in [0.717, 1.165) is 0 Å². The lowest BCUT2D eigenvalue weighted by atomic mass is 10.2. The number of benzene rings is 1. The molecular weight excluding hydrogens is 254 g/mol. The van der Waals surface area contributed by atoms with Crippen LogP contribution in [0.1, 0.15) is 6.92 Å². The van der Waals surface area contributed by atoms with Crippen molar-refractivity contribution in [1.29, 1.82) is 0 Å². The number of aliphatic hydroxyl groups is 1. The Hall–Kier alpha value is -1.24. The molecule has 3 unspecified atom stereocenters. The van der Waals surface area contributed by atoms with Gasteiger partial charge in [0.2, 0.25) is 4.93 Å². The number of carbonyl (C=O) groups excluding carboxylic acids is 1. The summed E-state index contributed by atoms with van der Waals surface area (Å²) in [6, 6.07) is 8.72. The molecule has 0 bridgehead atoms. The SMILES string of the molecule is CC1OCCS(=O)C1(O)C(=O)Nc1ccccc1. The van der Waals surface area contributed by atoms with Crippen molar-refractivity contribution < 1.29 is 18.8 Å². The normalized spacial score (nSPS) is 31.9. The van der Waals surface area contributed by atoms with Crippen molar-refractivity contribution in [1.82, 2.24) is 0 Å². The van der Waals surface area contributed by atoms with Crippen molar-refractivity contribution in [2.45, 2.75) is 18.0 Å². The van der Waals surface area contributed by atoms with Crippen molar-refractivity contribution in [3.05, 3.63) is 30.3 Å². The monoisotopic (exact) mass is 269 g/mol. The zero-order chi connectivity index (χ0) is 13.2. The standard InChI is InChI=1S/C12H15NO4S/c1-9-12(15,18(16)8-7-17-9)11(14)13-10-5-3-2-4-6-10/h2-6,9,15H,7-8H2,1H3,(H,13,14). The summed E-state index contributed by atoms with van der Waals surface area (Å²) in [6.07, 6.45) is -0.796. The minimum Gasteiger partial charge on any atom is -0.373 e. The molecule has 1 amide bonds. The van der Waals surface area contributed by atoms with Gasteiger partial charge in [0.25, 0.3) is 5.91 Å². The number of rotatable bonds is 2. The molecule has 1 heterocycles. The number of amides is 1. The van der Waals surface area contributed by atoms with Gasteiger partial charge in [0, 0.05) is 5.69 Å². The third kappa shape index (κ3) is 2.31. The van der Waals surface area contributed by atoms with Crippen LogP contribution < -0.4 is 5.32 Å². The van der Waals surface area contributed by atoms with Gasteiger partial charge in [-0.05, 0) is 19.1 Å². The zero-order valence-electron chi connectivity index (χ0n) is 9.96. The molecule has 2 N–H and O–H groups in total. The van der Waals surface area contributed by atoms with E-state index in [-0.39, 0.29) is 12.4 Å². The zero-order valence-corrected chi connectivity index (χ0v) is 10.8. The van der Waals surface area contributed by atoms with Crippen LogP contribution in [0.25, 0.3) is 0 Å². The largest absolute Gasteiger partial charge is 0.373 e. The fraction of sp³-hybridized carbons (Fsp3) is 0.417. The summed E-state index contributed by atoms with van der Waals surface area (Å²) in [6.45, 7) is 1.83. The summed E-state index contributed by atoms with van der Waals surface area (Å²) in [7, 11) is -1.66. The molecule has 2 rings (SSSR count). The van der Waals surface area contributed by atoms with E-state index in [9.17, 15) is 14.1 Å². The number of ether oxygens (including phenoxy) is 1. The van der Waals surface area contributed by atoms with E-state index < -0.39 is 27.7 Å². The van der Waals surface area contributed by atoms with E-state index in [1.54, 1.807) is 31.2 Å². The minimum atomic E-state index is -1.99. The highest BCUT2D eigenvalue weighted by molar-refractivity contribution is 7.87. The molecule has 1 saturated heterocycles. The topological polar surface area (TPSA) is 75.6 Å². The molecule has 0 aliphatic carbocycles. The van der Waals surface area contributed by atoms with E-state index in [1.165, 1.54) is 0 Å². The second-order valence-corrected chi connectivity index (χ2v) is 5.80. The highest BCUT2D eigenvalue weighted by atomic mass is 32.2. The predicted octanol–water partition coefficient (Wildman–Crippen LogP) is 0.481. The van der Waals surface area contributed by atoms with Crippen LogP contribution in [0.15, 0.2) is 30.3 Å². The van der Waals surface area contributed by atoms with Crippen molar-refractivity contribution in [3.8, 4) is 0 Å². The molecule has 0 radical (unpaired) electrons. The molecule has 1 aromatic carbocycles. The molecule has 18 heavy (non-hydrogen) atoms. The Morgan fingerprint density at radius 3 is 2.78 bits per heavy atom. The molecule has 0 spiro atoms. The van der Waals surface area contributed by atoms with Crippen molar-refractivity contribution in [2.24, 2.45) is 0 Å². The van der Waals surface area contributed by atoms with Crippen molar-refractivity contribution in [3.63, 3.8) is 0 Å². The molecule has 1 aliphatic heterocycles. The van der Waals surface area contributed by atoms with Gasteiger partial charge in [-0.1, -0.05) is 18.2 Å². The van der Waals surface area contributed by atoms with E-state index >= 15 is 0 Å². The van der Waals surface area contributed by atoms with Gasteiger partial charge in [-0.15, -0.1) is 0 Å². The maximum atomic E-state index is 12.1. The van der Waals surface area contributed by atoms with E-state index in [4.69, 9.17) is 4.74 Å². The lowest BCUT2D eigenvalue weighted by molar-refractivity contribution is -0.137. The molecule has 98 valence electrons. The van der Waals surface area contributed by atoms with Gasteiger partial charge in [-0.2, -0.15) is 0 Å². The fourth-order valence-corrected chi connectivity index (χ4v) is 3.04.